The summed E-state index contributed by atoms with van der Waals surface area (Å²) in [5, 5.41) is 8.92. The molecule has 0 N–H and O–H groups in total. The highest BCUT2D eigenvalue weighted by Gasteiger charge is 2.34. The Bertz CT molecular complexity index is 574. The van der Waals surface area contributed by atoms with Crippen LogP contribution in [0.3, 0.4) is 0 Å². The van der Waals surface area contributed by atoms with E-state index in [-0.39, 0.29) is 11.7 Å². The third-order valence-electron chi connectivity index (χ3n) is 3.91. The van der Waals surface area contributed by atoms with Crippen LogP contribution in [0.5, 0.6) is 0 Å². The first-order valence-corrected chi connectivity index (χ1v) is 8.32. The summed E-state index contributed by atoms with van der Waals surface area (Å²) in [6.45, 7) is 6.05. The van der Waals surface area contributed by atoms with E-state index in [4.69, 9.17) is 10.00 Å². The minimum Gasteiger partial charge on any atom is -0.465 e. The zero-order valence-electron chi connectivity index (χ0n) is 14.2. The third kappa shape index (κ3) is 5.52. The zero-order chi connectivity index (χ0) is 17.2. The molecule has 0 amide bonds. The van der Waals surface area contributed by atoms with Crippen molar-refractivity contribution in [3.05, 3.63) is 35.4 Å². The van der Waals surface area contributed by atoms with Crippen LogP contribution in [-0.2, 0) is 20.7 Å². The number of nitrogens with zero attached hydrogens (tertiary/aromatic N) is 1. The summed E-state index contributed by atoms with van der Waals surface area (Å²) in [4.78, 5) is 23.7. The van der Waals surface area contributed by atoms with E-state index in [0.717, 1.165) is 18.4 Å². The second-order valence-corrected chi connectivity index (χ2v) is 5.43. The number of hydrogen-bond donors (Lipinski definition) is 0. The Morgan fingerprint density at radius 2 is 2.13 bits per heavy atom. The van der Waals surface area contributed by atoms with Crippen LogP contribution in [0, 0.1) is 23.2 Å². The van der Waals surface area contributed by atoms with Crippen molar-refractivity contribution < 1.29 is 14.3 Å². The van der Waals surface area contributed by atoms with Gasteiger partial charge in [0.15, 0.2) is 0 Å². The minimum atomic E-state index is -0.608. The Morgan fingerprint density at radius 1 is 1.39 bits per heavy atom. The first-order chi connectivity index (χ1) is 11.1. The van der Waals surface area contributed by atoms with Crippen LogP contribution in [-0.4, -0.2) is 18.4 Å². The van der Waals surface area contributed by atoms with Gasteiger partial charge < -0.3 is 4.74 Å². The molecule has 1 aromatic rings. The fourth-order valence-electron chi connectivity index (χ4n) is 2.86. The van der Waals surface area contributed by atoms with Crippen molar-refractivity contribution in [2.24, 2.45) is 11.8 Å². The summed E-state index contributed by atoms with van der Waals surface area (Å²) >= 11 is 0. The maximum Gasteiger partial charge on any atom is 0.316 e. The average molecular weight is 315 g/mol. The van der Waals surface area contributed by atoms with Gasteiger partial charge in [0.25, 0.3) is 0 Å². The van der Waals surface area contributed by atoms with Gasteiger partial charge in [-0.15, -0.1) is 0 Å². The Labute approximate surface area is 138 Å². The van der Waals surface area contributed by atoms with Crippen LogP contribution in [0.15, 0.2) is 24.3 Å². The molecule has 1 fully saturated rings. The summed E-state index contributed by atoms with van der Waals surface area (Å²) in [6.07, 6.45) is 2.57. The predicted octanol–water partition coefficient (Wildman–Crippen LogP) is 3.68. The third-order valence-corrected chi connectivity index (χ3v) is 3.91. The van der Waals surface area contributed by atoms with E-state index in [0.29, 0.717) is 25.0 Å². The number of rotatable bonds is 4. The van der Waals surface area contributed by atoms with Gasteiger partial charge in [0, 0.05) is 6.42 Å². The standard InChI is InChI=1S/C17H19NO3.C2H6/c1-2-21-17(20)15-10-13(6-7-16(15)19)8-12-4-3-5-14(9-12)11-18;1-2/h3-5,9,13,15H,2,6-8,10H2,1H3;1-2H3. The Hall–Kier alpha value is -2.15. The molecular formula is C19H25NO3. The van der Waals surface area contributed by atoms with Gasteiger partial charge in [-0.25, -0.2) is 0 Å². The van der Waals surface area contributed by atoms with Crippen LogP contribution in [0.2, 0.25) is 0 Å². The number of nitriles is 1. The van der Waals surface area contributed by atoms with Gasteiger partial charge in [-0.1, -0.05) is 26.0 Å². The molecule has 1 aromatic carbocycles. The number of ether oxygens (including phenoxy) is 1. The Morgan fingerprint density at radius 3 is 2.78 bits per heavy atom. The molecule has 0 radical (unpaired) electrons. The molecule has 1 saturated carbocycles. The van der Waals surface area contributed by atoms with Crippen LogP contribution < -0.4 is 0 Å². The van der Waals surface area contributed by atoms with Crippen molar-refractivity contribution in [1.82, 2.24) is 0 Å². The number of ketones is 1. The lowest BCUT2D eigenvalue weighted by Crippen LogP contribution is -2.33. The summed E-state index contributed by atoms with van der Waals surface area (Å²) in [5.74, 6) is -0.720. The maximum atomic E-state index is 11.9. The molecule has 0 bridgehead atoms. The lowest BCUT2D eigenvalue weighted by molar-refractivity contribution is -0.153. The van der Waals surface area contributed by atoms with Crippen LogP contribution in [0.25, 0.3) is 0 Å². The molecular weight excluding hydrogens is 290 g/mol. The van der Waals surface area contributed by atoms with Crippen molar-refractivity contribution in [1.29, 1.82) is 5.26 Å². The highest BCUT2D eigenvalue weighted by Crippen LogP contribution is 2.30. The highest BCUT2D eigenvalue weighted by molar-refractivity contribution is 5.99. The van der Waals surface area contributed by atoms with E-state index in [1.165, 1.54) is 0 Å². The number of benzene rings is 1. The van der Waals surface area contributed by atoms with Gasteiger partial charge in [0.2, 0.25) is 0 Å². The van der Waals surface area contributed by atoms with Crippen molar-refractivity contribution in [3.8, 4) is 6.07 Å². The van der Waals surface area contributed by atoms with E-state index in [1.807, 2.05) is 32.0 Å². The largest absolute Gasteiger partial charge is 0.465 e. The van der Waals surface area contributed by atoms with Crippen molar-refractivity contribution in [2.45, 2.75) is 46.5 Å². The number of hydrogen-bond acceptors (Lipinski definition) is 4. The van der Waals surface area contributed by atoms with Crippen molar-refractivity contribution in [3.63, 3.8) is 0 Å². The Kier molecular flexibility index (Phi) is 8.04. The molecule has 4 heteroatoms. The van der Waals surface area contributed by atoms with Crippen LogP contribution in [0.1, 0.15) is 51.2 Å². The molecule has 4 nitrogen and oxygen atoms in total. The second kappa shape index (κ2) is 9.78. The first-order valence-electron chi connectivity index (χ1n) is 8.32. The monoisotopic (exact) mass is 315 g/mol. The smallest absolute Gasteiger partial charge is 0.316 e. The predicted molar refractivity (Wildman–Crippen MR) is 88.7 cm³/mol. The summed E-state index contributed by atoms with van der Waals surface area (Å²) in [6, 6.07) is 9.62. The number of carbonyl (C=O) groups is 2. The molecule has 0 aromatic heterocycles. The number of Topliss-reactive ketones (excluding diaryl/α,β-unsaturated/α-hetero) is 1. The molecule has 124 valence electrons. The maximum absolute atomic E-state index is 11.9. The molecule has 0 saturated heterocycles. The van der Waals surface area contributed by atoms with E-state index < -0.39 is 11.9 Å². The zero-order valence-corrected chi connectivity index (χ0v) is 14.2. The minimum absolute atomic E-state index is 0.00419. The number of esters is 1. The quantitative estimate of drug-likeness (QED) is 0.628. The van der Waals surface area contributed by atoms with E-state index in [1.54, 1.807) is 13.0 Å². The van der Waals surface area contributed by atoms with Gasteiger partial charge in [-0.05, 0) is 49.8 Å². The van der Waals surface area contributed by atoms with Crippen LogP contribution in [0.4, 0.5) is 0 Å². The van der Waals surface area contributed by atoms with Gasteiger partial charge in [-0.2, -0.15) is 5.26 Å². The molecule has 0 heterocycles. The van der Waals surface area contributed by atoms with E-state index >= 15 is 0 Å². The summed E-state index contributed by atoms with van der Waals surface area (Å²) in [5.41, 5.74) is 1.72. The van der Waals surface area contributed by atoms with Gasteiger partial charge in [0.1, 0.15) is 11.7 Å². The SMILES string of the molecule is CC.CCOC(=O)C1CC(Cc2cccc(C#N)c2)CCC1=O. The van der Waals surface area contributed by atoms with E-state index in [2.05, 4.69) is 6.07 Å². The molecule has 0 spiro atoms. The average Bonchev–Trinajstić information content (AvgIpc) is 2.59. The fraction of sp³-hybridized carbons (Fsp3) is 0.526. The molecule has 2 unspecified atom stereocenters. The van der Waals surface area contributed by atoms with Crippen LogP contribution >= 0.6 is 0 Å². The summed E-state index contributed by atoms with van der Waals surface area (Å²) in [7, 11) is 0. The molecule has 0 aliphatic heterocycles. The molecule has 23 heavy (non-hydrogen) atoms. The fourth-order valence-corrected chi connectivity index (χ4v) is 2.86. The molecule has 2 rings (SSSR count). The molecule has 1 aliphatic carbocycles. The van der Waals surface area contributed by atoms with Gasteiger partial charge >= 0.3 is 5.97 Å². The van der Waals surface area contributed by atoms with Gasteiger partial charge in [0.05, 0.1) is 18.2 Å². The second-order valence-electron chi connectivity index (χ2n) is 5.43. The lowest BCUT2D eigenvalue weighted by atomic mass is 9.78. The number of carbonyl (C=O) groups excluding carboxylic acids is 2. The van der Waals surface area contributed by atoms with Gasteiger partial charge in [-0.3, -0.25) is 9.59 Å². The van der Waals surface area contributed by atoms with Crippen molar-refractivity contribution >= 4 is 11.8 Å². The Balaban J connectivity index is 0.00000127. The molecule has 2 atom stereocenters. The van der Waals surface area contributed by atoms with Crippen molar-refractivity contribution in [2.75, 3.05) is 6.61 Å². The van der Waals surface area contributed by atoms with E-state index in [9.17, 15) is 9.59 Å². The molecule has 1 aliphatic rings. The topological polar surface area (TPSA) is 67.2 Å². The lowest BCUT2D eigenvalue weighted by Gasteiger charge is -2.26. The normalized spacial score (nSPS) is 20.0. The first kappa shape index (κ1) is 18.9. The summed E-state index contributed by atoms with van der Waals surface area (Å²) < 4.78 is 4.98. The highest BCUT2D eigenvalue weighted by atomic mass is 16.5.